The van der Waals surface area contributed by atoms with Crippen molar-refractivity contribution < 1.29 is 4.79 Å². The molecule has 3 heterocycles. The van der Waals surface area contributed by atoms with Gasteiger partial charge in [0.25, 0.3) is 11.5 Å². The van der Waals surface area contributed by atoms with Crippen molar-refractivity contribution in [2.24, 2.45) is 7.05 Å². The van der Waals surface area contributed by atoms with Crippen molar-refractivity contribution in [2.75, 3.05) is 0 Å². The van der Waals surface area contributed by atoms with E-state index < -0.39 is 0 Å². The van der Waals surface area contributed by atoms with Gasteiger partial charge in [0, 0.05) is 25.2 Å². The summed E-state index contributed by atoms with van der Waals surface area (Å²) in [5.41, 5.74) is 1.39. The first-order valence-electron chi connectivity index (χ1n) is 6.60. The van der Waals surface area contributed by atoms with Crippen molar-refractivity contribution in [3.05, 3.63) is 40.3 Å². The lowest BCUT2D eigenvalue weighted by Crippen LogP contribution is -2.45. The SMILES string of the molecule is C=C1CC2CCC(C1)N2C(=O)c1ccc(=O)n(C)n1. The monoisotopic (exact) mass is 259 g/mol. The van der Waals surface area contributed by atoms with Gasteiger partial charge < -0.3 is 4.90 Å². The zero-order chi connectivity index (χ0) is 13.6. The van der Waals surface area contributed by atoms with Crippen molar-refractivity contribution in [1.82, 2.24) is 14.7 Å². The molecule has 2 unspecified atom stereocenters. The number of carbonyl (C=O) groups is 1. The summed E-state index contributed by atoms with van der Waals surface area (Å²) in [5.74, 6) is -0.0596. The van der Waals surface area contributed by atoms with E-state index in [0.717, 1.165) is 25.7 Å². The number of aryl methyl sites for hydroxylation is 1. The number of aromatic nitrogens is 2. The number of nitrogens with zero attached hydrogens (tertiary/aromatic N) is 3. The second-order valence-electron chi connectivity index (χ2n) is 5.44. The molecule has 0 N–H and O–H groups in total. The fraction of sp³-hybridized carbons (Fsp3) is 0.500. The van der Waals surface area contributed by atoms with Crippen molar-refractivity contribution in [3.8, 4) is 0 Å². The summed E-state index contributed by atoms with van der Waals surface area (Å²) in [5, 5.41) is 4.05. The fourth-order valence-corrected chi connectivity index (χ4v) is 3.19. The Labute approximate surface area is 111 Å². The maximum Gasteiger partial charge on any atom is 0.274 e. The van der Waals surface area contributed by atoms with Gasteiger partial charge in [-0.1, -0.05) is 12.2 Å². The molecule has 0 saturated carbocycles. The quantitative estimate of drug-likeness (QED) is 0.710. The van der Waals surface area contributed by atoms with E-state index in [-0.39, 0.29) is 23.6 Å². The summed E-state index contributed by atoms with van der Waals surface area (Å²) in [6.45, 7) is 4.05. The van der Waals surface area contributed by atoms with Gasteiger partial charge in [-0.25, -0.2) is 4.68 Å². The molecule has 0 spiro atoms. The maximum absolute atomic E-state index is 12.5. The molecule has 1 aromatic heterocycles. The van der Waals surface area contributed by atoms with E-state index in [1.807, 2.05) is 4.90 Å². The average molecular weight is 259 g/mol. The number of amides is 1. The molecule has 2 atom stereocenters. The van der Waals surface area contributed by atoms with Crippen LogP contribution in [0.25, 0.3) is 0 Å². The molecule has 5 nitrogen and oxygen atoms in total. The Morgan fingerprint density at radius 3 is 2.53 bits per heavy atom. The number of piperidine rings is 1. The molecular weight excluding hydrogens is 242 g/mol. The highest BCUT2D eigenvalue weighted by Gasteiger charge is 2.41. The van der Waals surface area contributed by atoms with Gasteiger partial charge in [0.15, 0.2) is 0 Å². The van der Waals surface area contributed by atoms with Crippen LogP contribution in [-0.2, 0) is 7.05 Å². The van der Waals surface area contributed by atoms with Gasteiger partial charge in [0.2, 0.25) is 0 Å². The maximum atomic E-state index is 12.5. The van der Waals surface area contributed by atoms with Gasteiger partial charge in [0.1, 0.15) is 5.69 Å². The molecule has 0 aliphatic carbocycles. The second kappa shape index (κ2) is 4.33. The molecule has 1 aromatic rings. The molecule has 2 aliphatic heterocycles. The molecular formula is C14H17N3O2. The fourth-order valence-electron chi connectivity index (χ4n) is 3.19. The number of fused-ring (bicyclic) bond motifs is 2. The van der Waals surface area contributed by atoms with E-state index in [2.05, 4.69) is 11.7 Å². The van der Waals surface area contributed by atoms with E-state index in [1.54, 1.807) is 7.05 Å². The van der Waals surface area contributed by atoms with Crippen LogP contribution >= 0.6 is 0 Å². The first kappa shape index (κ1) is 12.1. The average Bonchev–Trinajstić information content (AvgIpc) is 2.64. The number of hydrogen-bond donors (Lipinski definition) is 0. The van der Waals surface area contributed by atoms with E-state index in [9.17, 15) is 9.59 Å². The Balaban J connectivity index is 1.90. The molecule has 100 valence electrons. The lowest BCUT2D eigenvalue weighted by atomic mass is 9.98. The van der Waals surface area contributed by atoms with Gasteiger partial charge in [-0.15, -0.1) is 0 Å². The number of carbonyl (C=O) groups excluding carboxylic acids is 1. The minimum Gasteiger partial charge on any atom is -0.331 e. The molecule has 2 saturated heterocycles. The standard InChI is InChI=1S/C14H17N3O2/c1-9-7-10-3-4-11(8-9)17(10)14(19)12-5-6-13(18)16(2)15-12/h5-6,10-11H,1,3-4,7-8H2,2H3. The predicted molar refractivity (Wildman–Crippen MR) is 70.8 cm³/mol. The van der Waals surface area contributed by atoms with Crippen molar-refractivity contribution in [1.29, 1.82) is 0 Å². The Kier molecular flexibility index (Phi) is 2.77. The highest BCUT2D eigenvalue weighted by Crippen LogP contribution is 2.38. The van der Waals surface area contributed by atoms with E-state index in [4.69, 9.17) is 0 Å². The summed E-state index contributed by atoms with van der Waals surface area (Å²) < 4.78 is 1.21. The third-order valence-electron chi connectivity index (χ3n) is 4.08. The van der Waals surface area contributed by atoms with Crippen LogP contribution in [-0.4, -0.2) is 32.7 Å². The largest absolute Gasteiger partial charge is 0.331 e. The molecule has 2 bridgehead atoms. The predicted octanol–water partition coefficient (Wildman–Crippen LogP) is 1.10. The summed E-state index contributed by atoms with van der Waals surface area (Å²) >= 11 is 0. The lowest BCUT2D eigenvalue weighted by molar-refractivity contribution is 0.0626. The molecule has 2 aliphatic rings. The highest BCUT2D eigenvalue weighted by molar-refractivity contribution is 5.93. The minimum atomic E-state index is -0.202. The van der Waals surface area contributed by atoms with E-state index in [1.165, 1.54) is 22.4 Å². The molecule has 0 aromatic carbocycles. The van der Waals surface area contributed by atoms with Crippen molar-refractivity contribution in [3.63, 3.8) is 0 Å². The van der Waals surface area contributed by atoms with Crippen LogP contribution in [0.1, 0.15) is 36.2 Å². The van der Waals surface area contributed by atoms with Gasteiger partial charge >= 0.3 is 0 Å². The van der Waals surface area contributed by atoms with Crippen LogP contribution in [0.4, 0.5) is 0 Å². The van der Waals surface area contributed by atoms with Crippen LogP contribution in [0.2, 0.25) is 0 Å². The Hall–Kier alpha value is -1.91. The van der Waals surface area contributed by atoms with Gasteiger partial charge in [-0.2, -0.15) is 5.10 Å². The van der Waals surface area contributed by atoms with Gasteiger partial charge in [0.05, 0.1) is 0 Å². The highest BCUT2D eigenvalue weighted by atomic mass is 16.2. The van der Waals surface area contributed by atoms with Gasteiger partial charge in [-0.05, 0) is 31.7 Å². The molecule has 0 radical (unpaired) electrons. The van der Waals surface area contributed by atoms with Crippen molar-refractivity contribution in [2.45, 2.75) is 37.8 Å². The summed E-state index contributed by atoms with van der Waals surface area (Å²) in [6, 6.07) is 3.44. The van der Waals surface area contributed by atoms with E-state index >= 15 is 0 Å². The summed E-state index contributed by atoms with van der Waals surface area (Å²) in [4.78, 5) is 25.8. The van der Waals surface area contributed by atoms with Crippen LogP contribution < -0.4 is 5.56 Å². The topological polar surface area (TPSA) is 55.2 Å². The molecule has 5 heteroatoms. The molecule has 2 fully saturated rings. The smallest absolute Gasteiger partial charge is 0.274 e. The van der Waals surface area contributed by atoms with Crippen molar-refractivity contribution >= 4 is 5.91 Å². The zero-order valence-electron chi connectivity index (χ0n) is 11.0. The second-order valence-corrected chi connectivity index (χ2v) is 5.44. The van der Waals surface area contributed by atoms with Crippen LogP contribution in [0.3, 0.4) is 0 Å². The summed E-state index contributed by atoms with van der Waals surface area (Å²) in [7, 11) is 1.56. The van der Waals surface area contributed by atoms with Crippen LogP contribution in [0.5, 0.6) is 0 Å². The first-order chi connectivity index (χ1) is 9.06. The third-order valence-corrected chi connectivity index (χ3v) is 4.08. The summed E-state index contributed by atoms with van der Waals surface area (Å²) in [6.07, 6.45) is 3.88. The molecule has 19 heavy (non-hydrogen) atoms. The number of rotatable bonds is 1. The normalized spacial score (nSPS) is 25.7. The van der Waals surface area contributed by atoms with Gasteiger partial charge in [-0.3, -0.25) is 9.59 Å². The lowest BCUT2D eigenvalue weighted by Gasteiger charge is -2.35. The molecule has 1 amide bonds. The first-order valence-corrected chi connectivity index (χ1v) is 6.60. The third kappa shape index (κ3) is 1.99. The number of hydrogen-bond acceptors (Lipinski definition) is 3. The Morgan fingerprint density at radius 1 is 1.32 bits per heavy atom. The van der Waals surface area contributed by atoms with Crippen LogP contribution in [0.15, 0.2) is 29.1 Å². The Bertz CT molecular complexity index is 589. The zero-order valence-corrected chi connectivity index (χ0v) is 11.0. The minimum absolute atomic E-state index is 0.0596. The van der Waals surface area contributed by atoms with E-state index in [0.29, 0.717) is 5.69 Å². The van der Waals surface area contributed by atoms with Crippen LogP contribution in [0, 0.1) is 0 Å². The molecule has 3 rings (SSSR count). The Morgan fingerprint density at radius 2 is 1.95 bits per heavy atom.